The predicted octanol–water partition coefficient (Wildman–Crippen LogP) is 3.54. The van der Waals surface area contributed by atoms with Crippen molar-refractivity contribution in [1.29, 1.82) is 0 Å². The first-order valence-electron chi connectivity index (χ1n) is 8.95. The molecule has 4 saturated heterocycles. The van der Waals surface area contributed by atoms with Crippen LogP contribution in [0.4, 0.5) is 0 Å². The lowest BCUT2D eigenvalue weighted by atomic mass is 9.58. The Morgan fingerprint density at radius 2 is 1.92 bits per heavy atom. The Kier molecular flexibility index (Phi) is 4.54. The van der Waals surface area contributed by atoms with Gasteiger partial charge in [-0.1, -0.05) is 37.0 Å². The molecule has 0 aromatic rings. The Bertz CT molecular complexity index is 559. The highest BCUT2D eigenvalue weighted by Crippen LogP contribution is 2.60. The van der Waals surface area contributed by atoms with Crippen LogP contribution in [0.15, 0.2) is 0 Å². The Balaban J connectivity index is 1.68. The Morgan fingerprint density at radius 1 is 1.16 bits per heavy atom. The van der Waals surface area contributed by atoms with E-state index >= 15 is 0 Å². The summed E-state index contributed by atoms with van der Waals surface area (Å²) in [5.74, 6) is -0.799. The second kappa shape index (κ2) is 6.21. The smallest absolute Gasteiger partial charge is 0.341 e. The average molecular weight is 395 g/mol. The number of alkyl halides is 2. The number of esters is 1. The summed E-state index contributed by atoms with van der Waals surface area (Å²) >= 11 is 11.3. The summed E-state index contributed by atoms with van der Waals surface area (Å²) in [7, 11) is 0. The molecule has 8 heteroatoms. The average Bonchev–Trinajstić information content (AvgIpc) is 2.78. The maximum absolute atomic E-state index is 11.9. The molecule has 1 saturated carbocycles. The van der Waals surface area contributed by atoms with Crippen molar-refractivity contribution in [3.63, 3.8) is 0 Å². The van der Waals surface area contributed by atoms with Gasteiger partial charge >= 0.3 is 5.97 Å². The molecule has 5 aliphatic rings. The maximum atomic E-state index is 11.9. The molecule has 25 heavy (non-hydrogen) atoms. The molecule has 142 valence electrons. The number of rotatable bonds is 2. The van der Waals surface area contributed by atoms with E-state index < -0.39 is 34.8 Å². The lowest BCUT2D eigenvalue weighted by Crippen LogP contribution is -2.70. The molecule has 4 heterocycles. The van der Waals surface area contributed by atoms with E-state index in [-0.39, 0.29) is 17.8 Å². The van der Waals surface area contributed by atoms with E-state index in [0.717, 1.165) is 25.7 Å². The molecule has 0 amide bonds. The fourth-order valence-electron chi connectivity index (χ4n) is 5.17. The normalized spacial score (nSPS) is 51.8. The van der Waals surface area contributed by atoms with Crippen molar-refractivity contribution in [2.45, 2.75) is 75.3 Å². The van der Waals surface area contributed by atoms with Crippen molar-refractivity contribution in [2.75, 3.05) is 0 Å². The quantitative estimate of drug-likeness (QED) is 0.405. The van der Waals surface area contributed by atoms with Crippen LogP contribution >= 0.6 is 23.2 Å². The molecule has 5 rings (SSSR count). The first-order chi connectivity index (χ1) is 11.8. The molecule has 0 radical (unpaired) electrons. The lowest BCUT2D eigenvalue weighted by Gasteiger charge is -2.59. The van der Waals surface area contributed by atoms with Gasteiger partial charge in [0, 0.05) is 18.3 Å². The molecule has 0 aromatic carbocycles. The van der Waals surface area contributed by atoms with Gasteiger partial charge in [0.2, 0.25) is 16.9 Å². The Hall–Kier alpha value is -0.110. The van der Waals surface area contributed by atoms with Crippen LogP contribution in [0.2, 0.25) is 0 Å². The molecule has 5 fully saturated rings. The van der Waals surface area contributed by atoms with E-state index in [1.807, 2.05) is 13.8 Å². The Morgan fingerprint density at radius 3 is 2.64 bits per heavy atom. The second-order valence-electron chi connectivity index (χ2n) is 8.01. The highest BCUT2D eigenvalue weighted by atomic mass is 35.5. The molecule has 6 nitrogen and oxygen atoms in total. The summed E-state index contributed by atoms with van der Waals surface area (Å²) in [6.45, 7) is 6.10. The number of carbonyl (C=O) groups excluding carboxylic acids is 1. The molecule has 1 spiro atoms. The minimum absolute atomic E-state index is 0.0862. The third kappa shape index (κ3) is 2.72. The number of fused-ring (bicyclic) bond motifs is 2. The molecular formula is C17H24Cl2O6. The van der Waals surface area contributed by atoms with Crippen LogP contribution in [0.3, 0.4) is 0 Å². The molecule has 2 unspecified atom stereocenters. The standard InChI is InChI=1S/C17H24Cl2O6/c1-8-4-5-11-9(2)14(21-13(20)12(18)19)22-15-17(11)10(8)6-7-16(3,23-15)24-25-17/h8-12,14-15H,4-7H2,1-3H3/t8-,9-,10+,11?,14?,15-,16-,17-/m1/s1. The maximum Gasteiger partial charge on any atom is 0.341 e. The zero-order chi connectivity index (χ0) is 18.0. The lowest BCUT2D eigenvalue weighted by molar-refractivity contribution is -0.576. The fraction of sp³-hybridized carbons (Fsp3) is 0.941. The monoisotopic (exact) mass is 394 g/mol. The summed E-state index contributed by atoms with van der Waals surface area (Å²) in [6.07, 6.45) is 2.29. The van der Waals surface area contributed by atoms with Crippen LogP contribution in [0.25, 0.3) is 0 Å². The largest absolute Gasteiger partial charge is 0.433 e. The van der Waals surface area contributed by atoms with Crippen molar-refractivity contribution < 1.29 is 28.8 Å². The minimum atomic E-state index is -1.24. The van der Waals surface area contributed by atoms with Gasteiger partial charge in [-0.15, -0.1) is 0 Å². The van der Waals surface area contributed by atoms with Crippen molar-refractivity contribution in [3.05, 3.63) is 0 Å². The number of hydrogen-bond acceptors (Lipinski definition) is 6. The van der Waals surface area contributed by atoms with Crippen LogP contribution in [0.1, 0.15) is 46.5 Å². The van der Waals surface area contributed by atoms with Crippen molar-refractivity contribution in [2.24, 2.45) is 23.7 Å². The SMILES string of the molecule is C[C@H]1C(OC(=O)C(Cl)Cl)O[C@@H]2O[C@@]3(C)CC[C@H]4[C@H](C)CCC1[C@@]24OO3. The molecule has 0 N–H and O–H groups in total. The number of carbonyl (C=O) groups is 1. The van der Waals surface area contributed by atoms with Gasteiger partial charge in [0.05, 0.1) is 0 Å². The Labute approximate surface area is 157 Å². The van der Waals surface area contributed by atoms with Crippen LogP contribution in [-0.2, 0) is 28.8 Å². The van der Waals surface area contributed by atoms with E-state index in [4.69, 9.17) is 47.2 Å². The predicted molar refractivity (Wildman–Crippen MR) is 88.4 cm³/mol. The van der Waals surface area contributed by atoms with E-state index in [2.05, 4.69) is 6.92 Å². The van der Waals surface area contributed by atoms with Crippen LogP contribution in [0, 0.1) is 23.7 Å². The summed E-state index contributed by atoms with van der Waals surface area (Å²) in [5.41, 5.74) is -0.669. The van der Waals surface area contributed by atoms with E-state index in [1.165, 1.54) is 0 Å². The van der Waals surface area contributed by atoms with Gasteiger partial charge < -0.3 is 14.2 Å². The van der Waals surface area contributed by atoms with E-state index in [9.17, 15) is 4.79 Å². The van der Waals surface area contributed by atoms with Gasteiger partial charge in [0.25, 0.3) is 0 Å². The van der Waals surface area contributed by atoms with Crippen LogP contribution in [-0.4, -0.2) is 34.8 Å². The second-order valence-corrected chi connectivity index (χ2v) is 9.11. The molecule has 4 aliphatic heterocycles. The van der Waals surface area contributed by atoms with Crippen molar-refractivity contribution in [1.82, 2.24) is 0 Å². The molecular weight excluding hydrogens is 371 g/mol. The van der Waals surface area contributed by atoms with Crippen LogP contribution in [0.5, 0.6) is 0 Å². The zero-order valence-electron chi connectivity index (χ0n) is 14.6. The fourth-order valence-corrected chi connectivity index (χ4v) is 5.28. The summed E-state index contributed by atoms with van der Waals surface area (Å²) < 4.78 is 17.7. The van der Waals surface area contributed by atoms with E-state index in [1.54, 1.807) is 0 Å². The zero-order valence-corrected chi connectivity index (χ0v) is 16.1. The van der Waals surface area contributed by atoms with Gasteiger partial charge in [0.1, 0.15) is 0 Å². The van der Waals surface area contributed by atoms with E-state index in [0.29, 0.717) is 5.92 Å². The first-order valence-corrected chi connectivity index (χ1v) is 9.83. The number of hydrogen-bond donors (Lipinski definition) is 0. The third-order valence-corrected chi connectivity index (χ3v) is 6.86. The van der Waals surface area contributed by atoms with Crippen LogP contribution < -0.4 is 0 Å². The van der Waals surface area contributed by atoms with Gasteiger partial charge in [-0.05, 0) is 38.0 Å². The summed E-state index contributed by atoms with van der Waals surface area (Å²) in [5, 5.41) is 0. The summed E-state index contributed by atoms with van der Waals surface area (Å²) in [6, 6.07) is 0. The molecule has 1 aliphatic carbocycles. The van der Waals surface area contributed by atoms with Gasteiger partial charge in [-0.3, -0.25) is 0 Å². The number of ether oxygens (including phenoxy) is 3. The highest BCUT2D eigenvalue weighted by molar-refractivity contribution is 6.52. The van der Waals surface area contributed by atoms with Crippen molar-refractivity contribution >= 4 is 29.2 Å². The summed E-state index contributed by atoms with van der Waals surface area (Å²) in [4.78, 5) is 22.4. The van der Waals surface area contributed by atoms with Gasteiger partial charge in [-0.25, -0.2) is 14.6 Å². The topological polar surface area (TPSA) is 63.2 Å². The van der Waals surface area contributed by atoms with Crippen molar-refractivity contribution in [3.8, 4) is 0 Å². The minimum Gasteiger partial charge on any atom is -0.433 e. The molecule has 0 aromatic heterocycles. The highest BCUT2D eigenvalue weighted by Gasteiger charge is 2.69. The molecule has 8 atom stereocenters. The van der Waals surface area contributed by atoms with Gasteiger partial charge in [-0.2, -0.15) is 0 Å². The van der Waals surface area contributed by atoms with Gasteiger partial charge in [0.15, 0.2) is 11.9 Å². The molecule has 2 bridgehead atoms. The third-order valence-electron chi connectivity index (χ3n) is 6.51. The first kappa shape index (κ1) is 18.3. The number of halogens is 2.